The van der Waals surface area contributed by atoms with E-state index in [1.54, 1.807) is 0 Å². The Labute approximate surface area is 53.0 Å². The first-order valence-corrected chi connectivity index (χ1v) is 2.89. The van der Waals surface area contributed by atoms with Crippen LogP contribution in [0.1, 0.15) is 34.6 Å². The Hall–Kier alpha value is -0.0400. The Morgan fingerprint density at radius 2 is 1.88 bits per heavy atom. The van der Waals surface area contributed by atoms with Crippen LogP contribution in [0.2, 0.25) is 0 Å². The molecule has 0 bridgehead atoms. The van der Waals surface area contributed by atoms with Crippen LogP contribution >= 0.6 is 0 Å². The number of ether oxygens (including phenoxy) is 1. The summed E-state index contributed by atoms with van der Waals surface area (Å²) < 4.78 is 5.19. The van der Waals surface area contributed by atoms with Crippen molar-refractivity contribution in [3.63, 3.8) is 0 Å². The van der Waals surface area contributed by atoms with Gasteiger partial charge in [0, 0.05) is 6.61 Å². The summed E-state index contributed by atoms with van der Waals surface area (Å²) in [4.78, 5) is 0. The average Bonchev–Trinajstić information content (AvgIpc) is 1.61. The molecule has 1 nitrogen and oxygen atoms in total. The van der Waals surface area contributed by atoms with Gasteiger partial charge in [-0.3, -0.25) is 0 Å². The molecule has 0 amide bonds. The highest BCUT2D eigenvalue weighted by atomic mass is 16.5. The van der Waals surface area contributed by atoms with Crippen molar-refractivity contribution in [2.24, 2.45) is 0 Å². The van der Waals surface area contributed by atoms with Crippen molar-refractivity contribution < 1.29 is 4.74 Å². The van der Waals surface area contributed by atoms with Crippen molar-refractivity contribution in [3.8, 4) is 0 Å². The van der Waals surface area contributed by atoms with E-state index in [0.717, 1.165) is 13.0 Å². The molecule has 0 aromatic carbocycles. The Balaban J connectivity index is 0. The summed E-state index contributed by atoms with van der Waals surface area (Å²) in [5.74, 6) is 0. The van der Waals surface area contributed by atoms with Crippen LogP contribution in [0.4, 0.5) is 0 Å². The second-order valence-corrected chi connectivity index (χ2v) is 1.92. The lowest BCUT2D eigenvalue weighted by Crippen LogP contribution is -2.01. The van der Waals surface area contributed by atoms with E-state index in [-0.39, 0.29) is 7.43 Å². The van der Waals surface area contributed by atoms with Crippen molar-refractivity contribution in [2.45, 2.75) is 40.7 Å². The molecule has 8 heavy (non-hydrogen) atoms. The van der Waals surface area contributed by atoms with Gasteiger partial charge in [-0.25, -0.2) is 0 Å². The van der Waals surface area contributed by atoms with Crippen LogP contribution in [-0.2, 0) is 4.74 Å². The summed E-state index contributed by atoms with van der Waals surface area (Å²) in [6.45, 7) is 7.12. The SMILES string of the molecule is C.CCCOC(C)C. The molecule has 0 N–H and O–H groups in total. The fraction of sp³-hybridized carbons (Fsp3) is 1.00. The third-order valence-corrected chi connectivity index (χ3v) is 0.655. The highest BCUT2D eigenvalue weighted by Gasteiger charge is 1.86. The van der Waals surface area contributed by atoms with Crippen molar-refractivity contribution in [1.82, 2.24) is 0 Å². The first kappa shape index (κ1) is 10.9. The summed E-state index contributed by atoms with van der Waals surface area (Å²) in [6.07, 6.45) is 1.53. The van der Waals surface area contributed by atoms with E-state index in [9.17, 15) is 0 Å². The fourth-order valence-corrected chi connectivity index (χ4v) is 0.354. The highest BCUT2D eigenvalue weighted by Crippen LogP contribution is 1.87. The summed E-state index contributed by atoms with van der Waals surface area (Å²) in [5, 5.41) is 0. The van der Waals surface area contributed by atoms with Crippen LogP contribution in [0.3, 0.4) is 0 Å². The van der Waals surface area contributed by atoms with Crippen LogP contribution < -0.4 is 0 Å². The minimum atomic E-state index is 0. The van der Waals surface area contributed by atoms with Crippen LogP contribution in [0.5, 0.6) is 0 Å². The maximum Gasteiger partial charge on any atom is 0.0518 e. The number of rotatable bonds is 3. The molecular formula is C7H18O. The van der Waals surface area contributed by atoms with E-state index in [4.69, 9.17) is 4.74 Å². The molecule has 0 aliphatic carbocycles. The molecule has 0 aliphatic rings. The molecule has 0 radical (unpaired) electrons. The van der Waals surface area contributed by atoms with E-state index in [0.29, 0.717) is 6.10 Å². The lowest BCUT2D eigenvalue weighted by molar-refractivity contribution is 0.0794. The highest BCUT2D eigenvalue weighted by molar-refractivity contribution is 4.33. The van der Waals surface area contributed by atoms with Crippen LogP contribution in [0, 0.1) is 0 Å². The van der Waals surface area contributed by atoms with Gasteiger partial charge in [0.1, 0.15) is 0 Å². The van der Waals surface area contributed by atoms with Crippen LogP contribution in [0.15, 0.2) is 0 Å². The first-order chi connectivity index (χ1) is 3.27. The summed E-state index contributed by atoms with van der Waals surface area (Å²) in [7, 11) is 0. The normalized spacial score (nSPS) is 9.00. The zero-order valence-corrected chi connectivity index (χ0v) is 5.40. The zero-order valence-electron chi connectivity index (χ0n) is 5.40. The molecule has 0 rings (SSSR count). The summed E-state index contributed by atoms with van der Waals surface area (Å²) in [6, 6.07) is 0. The molecule has 0 aliphatic heterocycles. The van der Waals surface area contributed by atoms with Gasteiger partial charge in [-0.1, -0.05) is 14.4 Å². The number of hydrogen-bond acceptors (Lipinski definition) is 1. The van der Waals surface area contributed by atoms with Crippen molar-refractivity contribution >= 4 is 0 Å². The van der Waals surface area contributed by atoms with Gasteiger partial charge in [0.15, 0.2) is 0 Å². The Kier molecular flexibility index (Phi) is 9.44. The molecule has 0 aromatic rings. The molecule has 0 atom stereocenters. The average molecular weight is 118 g/mol. The maximum atomic E-state index is 5.19. The molecule has 0 fully saturated rings. The Morgan fingerprint density at radius 3 is 2.00 bits per heavy atom. The topological polar surface area (TPSA) is 9.23 Å². The molecular weight excluding hydrogens is 100 g/mol. The van der Waals surface area contributed by atoms with Crippen LogP contribution in [0.25, 0.3) is 0 Å². The second kappa shape index (κ2) is 6.96. The maximum absolute atomic E-state index is 5.19. The molecule has 1 heteroatoms. The zero-order chi connectivity index (χ0) is 5.70. The quantitative estimate of drug-likeness (QED) is 0.553. The second-order valence-electron chi connectivity index (χ2n) is 1.92. The van der Waals surface area contributed by atoms with E-state index >= 15 is 0 Å². The van der Waals surface area contributed by atoms with Gasteiger partial charge in [-0.2, -0.15) is 0 Å². The Morgan fingerprint density at radius 1 is 1.38 bits per heavy atom. The van der Waals surface area contributed by atoms with Gasteiger partial charge >= 0.3 is 0 Å². The standard InChI is InChI=1S/C6H14O.CH4/c1-4-5-7-6(2)3;/h6H,4-5H2,1-3H3;1H4. The van der Waals surface area contributed by atoms with Gasteiger partial charge in [-0.15, -0.1) is 0 Å². The molecule has 52 valence electrons. The fourth-order valence-electron chi connectivity index (χ4n) is 0.354. The molecule has 0 heterocycles. The Bertz CT molecular complexity index is 33.4. The summed E-state index contributed by atoms with van der Waals surface area (Å²) in [5.41, 5.74) is 0. The van der Waals surface area contributed by atoms with Crippen molar-refractivity contribution in [1.29, 1.82) is 0 Å². The predicted octanol–water partition coefficient (Wildman–Crippen LogP) is 2.46. The van der Waals surface area contributed by atoms with Gasteiger partial charge < -0.3 is 4.74 Å². The van der Waals surface area contributed by atoms with Crippen LogP contribution in [-0.4, -0.2) is 12.7 Å². The number of hydrogen-bond donors (Lipinski definition) is 0. The molecule has 0 spiro atoms. The third-order valence-electron chi connectivity index (χ3n) is 0.655. The predicted molar refractivity (Wildman–Crippen MR) is 38.1 cm³/mol. The van der Waals surface area contributed by atoms with Gasteiger partial charge in [0.25, 0.3) is 0 Å². The van der Waals surface area contributed by atoms with E-state index < -0.39 is 0 Å². The van der Waals surface area contributed by atoms with E-state index in [1.165, 1.54) is 0 Å². The molecule has 0 aromatic heterocycles. The lowest BCUT2D eigenvalue weighted by Gasteiger charge is -2.03. The van der Waals surface area contributed by atoms with Gasteiger partial charge in [0.2, 0.25) is 0 Å². The van der Waals surface area contributed by atoms with Gasteiger partial charge in [0.05, 0.1) is 6.10 Å². The van der Waals surface area contributed by atoms with Gasteiger partial charge in [-0.05, 0) is 20.3 Å². The molecule has 0 unspecified atom stereocenters. The monoisotopic (exact) mass is 118 g/mol. The van der Waals surface area contributed by atoms with E-state index in [1.807, 2.05) is 0 Å². The lowest BCUT2D eigenvalue weighted by atomic mass is 10.4. The minimum absolute atomic E-state index is 0. The van der Waals surface area contributed by atoms with Crippen molar-refractivity contribution in [3.05, 3.63) is 0 Å². The third kappa shape index (κ3) is 9.35. The minimum Gasteiger partial charge on any atom is -0.379 e. The van der Waals surface area contributed by atoms with Crippen molar-refractivity contribution in [2.75, 3.05) is 6.61 Å². The van der Waals surface area contributed by atoms with E-state index in [2.05, 4.69) is 20.8 Å². The smallest absolute Gasteiger partial charge is 0.0518 e. The summed E-state index contributed by atoms with van der Waals surface area (Å²) >= 11 is 0. The first-order valence-electron chi connectivity index (χ1n) is 2.89. The molecule has 0 saturated carbocycles. The molecule has 0 saturated heterocycles. The largest absolute Gasteiger partial charge is 0.379 e.